The second kappa shape index (κ2) is 11.1. The fourth-order valence-electron chi connectivity index (χ4n) is 2.54. The van der Waals surface area contributed by atoms with Gasteiger partial charge in [0.05, 0.1) is 13.2 Å². The molecule has 0 aromatic heterocycles. The molecule has 0 bridgehead atoms. The van der Waals surface area contributed by atoms with Gasteiger partial charge in [-0.15, -0.1) is 0 Å². The van der Waals surface area contributed by atoms with E-state index >= 15 is 0 Å². The average molecular weight is 398 g/mol. The predicted octanol–water partition coefficient (Wildman–Crippen LogP) is 4.76. The molecule has 0 saturated carbocycles. The first kappa shape index (κ1) is 22.3. The maximum Gasteiger partial charge on any atom is 0.243 e. The Morgan fingerprint density at radius 3 is 1.79 bits per heavy atom. The van der Waals surface area contributed by atoms with Crippen LogP contribution in [0, 0.1) is 11.8 Å². The summed E-state index contributed by atoms with van der Waals surface area (Å²) in [6, 6.07) is 14.6. The molecule has 0 atom stereocenters. The van der Waals surface area contributed by atoms with Gasteiger partial charge in [0.25, 0.3) is 0 Å². The Kier molecular flexibility index (Phi) is 8.52. The molecule has 2 aromatic rings. The zero-order valence-electron chi connectivity index (χ0n) is 17.6. The Morgan fingerprint density at radius 2 is 1.28 bits per heavy atom. The SMILES string of the molecule is CC(C)COc1ccc(NCC(=O)Nc2ccc(NC(=O)CC(C)C)cc2)cc1. The third-order valence-corrected chi connectivity index (χ3v) is 3.94. The van der Waals surface area contributed by atoms with Gasteiger partial charge < -0.3 is 20.7 Å². The third kappa shape index (κ3) is 8.68. The lowest BCUT2D eigenvalue weighted by Crippen LogP contribution is -2.21. The summed E-state index contributed by atoms with van der Waals surface area (Å²) in [6.45, 7) is 9.03. The molecule has 156 valence electrons. The summed E-state index contributed by atoms with van der Waals surface area (Å²) in [5.41, 5.74) is 2.24. The highest BCUT2D eigenvalue weighted by atomic mass is 16.5. The molecule has 0 saturated heterocycles. The average Bonchev–Trinajstić information content (AvgIpc) is 2.66. The molecule has 6 nitrogen and oxygen atoms in total. The van der Waals surface area contributed by atoms with Crippen molar-refractivity contribution >= 4 is 28.9 Å². The molecule has 0 radical (unpaired) electrons. The minimum Gasteiger partial charge on any atom is -0.493 e. The molecule has 0 aliphatic carbocycles. The molecule has 3 N–H and O–H groups in total. The van der Waals surface area contributed by atoms with Gasteiger partial charge in [-0.25, -0.2) is 0 Å². The van der Waals surface area contributed by atoms with E-state index in [1.54, 1.807) is 24.3 Å². The number of hydrogen-bond acceptors (Lipinski definition) is 4. The zero-order chi connectivity index (χ0) is 21.2. The van der Waals surface area contributed by atoms with Gasteiger partial charge in [-0.1, -0.05) is 27.7 Å². The lowest BCUT2D eigenvalue weighted by Gasteiger charge is -2.11. The molecule has 2 aromatic carbocycles. The number of rotatable bonds is 10. The third-order valence-electron chi connectivity index (χ3n) is 3.94. The molecule has 0 aliphatic heterocycles. The first-order chi connectivity index (χ1) is 13.8. The molecule has 0 spiro atoms. The number of carbonyl (C=O) groups is 2. The van der Waals surface area contributed by atoms with E-state index in [1.807, 2.05) is 38.1 Å². The van der Waals surface area contributed by atoms with E-state index in [4.69, 9.17) is 4.74 Å². The topological polar surface area (TPSA) is 79.5 Å². The van der Waals surface area contributed by atoms with Crippen LogP contribution in [0.2, 0.25) is 0 Å². The van der Waals surface area contributed by atoms with Crippen molar-refractivity contribution in [2.75, 3.05) is 29.1 Å². The van der Waals surface area contributed by atoms with Crippen LogP contribution in [0.25, 0.3) is 0 Å². The van der Waals surface area contributed by atoms with Crippen molar-refractivity contribution < 1.29 is 14.3 Å². The summed E-state index contributed by atoms with van der Waals surface area (Å²) in [4.78, 5) is 23.9. The van der Waals surface area contributed by atoms with Crippen LogP contribution in [0.3, 0.4) is 0 Å². The first-order valence-electron chi connectivity index (χ1n) is 9.98. The number of hydrogen-bond donors (Lipinski definition) is 3. The molecule has 0 aliphatic rings. The van der Waals surface area contributed by atoms with Gasteiger partial charge >= 0.3 is 0 Å². The van der Waals surface area contributed by atoms with Crippen LogP contribution in [-0.4, -0.2) is 25.0 Å². The normalized spacial score (nSPS) is 10.7. The maximum atomic E-state index is 12.1. The van der Waals surface area contributed by atoms with Crippen molar-refractivity contribution in [2.45, 2.75) is 34.1 Å². The second-order valence-corrected chi connectivity index (χ2v) is 7.85. The van der Waals surface area contributed by atoms with E-state index in [0.717, 1.165) is 11.4 Å². The maximum absolute atomic E-state index is 12.1. The number of benzene rings is 2. The van der Waals surface area contributed by atoms with Crippen LogP contribution in [0.4, 0.5) is 17.1 Å². The number of nitrogens with one attached hydrogen (secondary N) is 3. The van der Waals surface area contributed by atoms with Crippen LogP contribution in [-0.2, 0) is 9.59 Å². The van der Waals surface area contributed by atoms with Crippen LogP contribution in [0.5, 0.6) is 5.75 Å². The quantitative estimate of drug-likeness (QED) is 0.540. The van der Waals surface area contributed by atoms with Gasteiger partial charge in [0.2, 0.25) is 11.8 Å². The lowest BCUT2D eigenvalue weighted by molar-refractivity contribution is -0.117. The van der Waals surface area contributed by atoms with E-state index in [-0.39, 0.29) is 18.4 Å². The van der Waals surface area contributed by atoms with Crippen molar-refractivity contribution in [3.63, 3.8) is 0 Å². The van der Waals surface area contributed by atoms with Crippen molar-refractivity contribution in [1.82, 2.24) is 0 Å². The Morgan fingerprint density at radius 1 is 0.759 bits per heavy atom. The molecule has 0 heterocycles. The van der Waals surface area contributed by atoms with Crippen LogP contribution < -0.4 is 20.7 Å². The predicted molar refractivity (Wildman–Crippen MR) is 118 cm³/mol. The summed E-state index contributed by atoms with van der Waals surface area (Å²) in [5.74, 6) is 1.43. The fraction of sp³-hybridized carbons (Fsp3) is 0.391. The van der Waals surface area contributed by atoms with Gasteiger partial charge in [-0.3, -0.25) is 9.59 Å². The summed E-state index contributed by atoms with van der Waals surface area (Å²) in [5, 5.41) is 8.76. The fourth-order valence-corrected chi connectivity index (χ4v) is 2.54. The van der Waals surface area contributed by atoms with Crippen molar-refractivity contribution in [3.05, 3.63) is 48.5 Å². The van der Waals surface area contributed by atoms with Crippen molar-refractivity contribution in [3.8, 4) is 5.75 Å². The lowest BCUT2D eigenvalue weighted by atomic mass is 10.1. The minimum absolute atomic E-state index is 0.0124. The number of anilines is 3. The summed E-state index contributed by atoms with van der Waals surface area (Å²) in [7, 11) is 0. The molecule has 29 heavy (non-hydrogen) atoms. The second-order valence-electron chi connectivity index (χ2n) is 7.85. The minimum atomic E-state index is -0.151. The van der Waals surface area contributed by atoms with Crippen LogP contribution in [0.1, 0.15) is 34.1 Å². The Bertz CT molecular complexity index is 784. The number of ether oxygens (including phenoxy) is 1. The van der Waals surface area contributed by atoms with E-state index < -0.39 is 0 Å². The first-order valence-corrected chi connectivity index (χ1v) is 9.98. The highest BCUT2D eigenvalue weighted by Gasteiger charge is 2.06. The zero-order valence-corrected chi connectivity index (χ0v) is 17.6. The summed E-state index contributed by atoms with van der Waals surface area (Å²) in [6.07, 6.45) is 0.481. The molecular weight excluding hydrogens is 366 g/mol. The van der Waals surface area contributed by atoms with E-state index in [0.29, 0.717) is 36.2 Å². The van der Waals surface area contributed by atoms with Gasteiger partial charge in [0.15, 0.2) is 0 Å². The Labute approximate surface area is 173 Å². The highest BCUT2D eigenvalue weighted by Crippen LogP contribution is 2.17. The number of carbonyl (C=O) groups excluding carboxylic acids is 2. The van der Waals surface area contributed by atoms with Gasteiger partial charge in [-0.05, 0) is 60.4 Å². The van der Waals surface area contributed by atoms with Crippen molar-refractivity contribution in [1.29, 1.82) is 0 Å². The summed E-state index contributed by atoms with van der Waals surface area (Å²) >= 11 is 0. The standard InChI is InChI=1S/C23H31N3O3/c1-16(2)13-22(27)25-19-5-7-20(8-6-19)26-23(28)14-24-18-9-11-21(12-10-18)29-15-17(3)4/h5-12,16-17,24H,13-15H2,1-4H3,(H,25,27)(H,26,28). The largest absolute Gasteiger partial charge is 0.493 e. The molecule has 2 amide bonds. The Hall–Kier alpha value is -3.02. The highest BCUT2D eigenvalue weighted by molar-refractivity contribution is 5.94. The molecule has 6 heteroatoms. The smallest absolute Gasteiger partial charge is 0.243 e. The monoisotopic (exact) mass is 397 g/mol. The molecular formula is C23H31N3O3. The Balaban J connectivity index is 1.76. The molecule has 0 unspecified atom stereocenters. The van der Waals surface area contributed by atoms with Crippen LogP contribution >= 0.6 is 0 Å². The van der Waals surface area contributed by atoms with E-state index in [1.165, 1.54) is 0 Å². The van der Waals surface area contributed by atoms with Gasteiger partial charge in [0.1, 0.15) is 5.75 Å². The van der Waals surface area contributed by atoms with Gasteiger partial charge in [0, 0.05) is 23.5 Å². The van der Waals surface area contributed by atoms with Crippen LogP contribution in [0.15, 0.2) is 48.5 Å². The van der Waals surface area contributed by atoms with E-state index in [2.05, 4.69) is 29.8 Å². The molecule has 2 rings (SSSR count). The summed E-state index contributed by atoms with van der Waals surface area (Å²) < 4.78 is 5.65. The molecule has 0 fully saturated rings. The van der Waals surface area contributed by atoms with Gasteiger partial charge in [-0.2, -0.15) is 0 Å². The number of amides is 2. The van der Waals surface area contributed by atoms with E-state index in [9.17, 15) is 9.59 Å². The van der Waals surface area contributed by atoms with Crippen molar-refractivity contribution in [2.24, 2.45) is 11.8 Å².